The van der Waals surface area contributed by atoms with Gasteiger partial charge >= 0.3 is 5.97 Å². The third-order valence-electron chi connectivity index (χ3n) is 5.26. The highest BCUT2D eigenvalue weighted by molar-refractivity contribution is 6.05. The minimum absolute atomic E-state index is 0.00656. The van der Waals surface area contributed by atoms with E-state index in [0.717, 1.165) is 0 Å². The van der Waals surface area contributed by atoms with Crippen molar-refractivity contribution in [3.8, 4) is 17.2 Å². The Labute approximate surface area is 169 Å². The molecule has 156 valence electrons. The first-order valence-corrected chi connectivity index (χ1v) is 9.44. The van der Waals surface area contributed by atoms with Crippen LogP contribution in [-0.4, -0.2) is 50.6 Å². The predicted molar refractivity (Wildman–Crippen MR) is 103 cm³/mol. The molecule has 1 saturated heterocycles. The second-order valence-corrected chi connectivity index (χ2v) is 6.93. The van der Waals surface area contributed by atoms with Gasteiger partial charge in [0.05, 0.1) is 39.6 Å². The van der Waals surface area contributed by atoms with E-state index in [1.54, 1.807) is 12.1 Å². The monoisotopic (exact) mass is 403 g/mol. The van der Waals surface area contributed by atoms with Gasteiger partial charge in [0, 0.05) is 6.54 Å². The van der Waals surface area contributed by atoms with Gasteiger partial charge in [0.2, 0.25) is 17.6 Å². The van der Waals surface area contributed by atoms with Gasteiger partial charge < -0.3 is 18.9 Å². The van der Waals surface area contributed by atoms with E-state index in [9.17, 15) is 14.4 Å². The summed E-state index contributed by atoms with van der Waals surface area (Å²) < 4.78 is 21.1. The number of imide groups is 1. The first-order chi connectivity index (χ1) is 14.0. The highest BCUT2D eigenvalue weighted by Crippen LogP contribution is 2.38. The Morgan fingerprint density at radius 2 is 1.52 bits per heavy atom. The van der Waals surface area contributed by atoms with Gasteiger partial charge in [-0.25, -0.2) is 0 Å². The van der Waals surface area contributed by atoms with Gasteiger partial charge in [-0.3, -0.25) is 19.3 Å². The zero-order chi connectivity index (χ0) is 21.0. The highest BCUT2D eigenvalue weighted by atomic mass is 16.5. The summed E-state index contributed by atoms with van der Waals surface area (Å²) in [6.45, 7) is 0.0470. The van der Waals surface area contributed by atoms with Gasteiger partial charge in [-0.1, -0.05) is 12.2 Å². The number of carbonyl (C=O) groups is 3. The van der Waals surface area contributed by atoms with Crippen molar-refractivity contribution in [3.63, 3.8) is 0 Å². The minimum Gasteiger partial charge on any atom is -0.493 e. The average molecular weight is 403 g/mol. The normalized spacial score (nSPS) is 20.4. The molecule has 1 aliphatic carbocycles. The van der Waals surface area contributed by atoms with Crippen LogP contribution in [0.25, 0.3) is 0 Å². The maximum atomic E-state index is 12.4. The fourth-order valence-electron chi connectivity index (χ4n) is 3.75. The Morgan fingerprint density at radius 3 is 2.00 bits per heavy atom. The first kappa shape index (κ1) is 20.7. The summed E-state index contributed by atoms with van der Waals surface area (Å²) in [4.78, 5) is 38.2. The molecule has 0 spiro atoms. The number of ether oxygens (including phenoxy) is 4. The Balaban J connectivity index is 1.56. The summed E-state index contributed by atoms with van der Waals surface area (Å²) in [5.41, 5.74) is 0.665. The smallest absolute Gasteiger partial charge is 0.307 e. The number of nitrogens with zero attached hydrogens (tertiary/aromatic N) is 1. The highest BCUT2D eigenvalue weighted by Gasteiger charge is 2.46. The van der Waals surface area contributed by atoms with Crippen molar-refractivity contribution in [1.29, 1.82) is 0 Å². The van der Waals surface area contributed by atoms with Gasteiger partial charge in [0.15, 0.2) is 11.5 Å². The summed E-state index contributed by atoms with van der Waals surface area (Å²) in [5.74, 6) is -0.0850. The largest absolute Gasteiger partial charge is 0.493 e. The van der Waals surface area contributed by atoms with E-state index in [4.69, 9.17) is 18.9 Å². The second kappa shape index (κ2) is 8.98. The lowest BCUT2D eigenvalue weighted by Gasteiger charge is -2.15. The second-order valence-electron chi connectivity index (χ2n) is 6.93. The number of rotatable bonds is 8. The molecule has 8 nitrogen and oxygen atoms in total. The fourth-order valence-corrected chi connectivity index (χ4v) is 3.75. The molecule has 1 aromatic rings. The number of carbonyl (C=O) groups excluding carboxylic acids is 3. The fraction of sp³-hybridized carbons (Fsp3) is 0.476. The lowest BCUT2D eigenvalue weighted by atomic mass is 9.85. The molecule has 1 aliphatic heterocycles. The molecule has 0 radical (unpaired) electrons. The van der Waals surface area contributed by atoms with Crippen LogP contribution < -0.4 is 14.2 Å². The third kappa shape index (κ3) is 4.21. The molecule has 0 unspecified atom stereocenters. The molecule has 0 bridgehead atoms. The van der Waals surface area contributed by atoms with E-state index < -0.39 is 5.97 Å². The number of amides is 2. The lowest BCUT2D eigenvalue weighted by Crippen LogP contribution is -2.33. The van der Waals surface area contributed by atoms with Crippen molar-refractivity contribution in [3.05, 3.63) is 29.8 Å². The summed E-state index contributed by atoms with van der Waals surface area (Å²) in [5, 5.41) is 0. The molecule has 8 heteroatoms. The van der Waals surface area contributed by atoms with Crippen LogP contribution in [0.4, 0.5) is 0 Å². The standard InChI is InChI=1S/C21H25NO7/c1-26-16-10-13(11-17(27-2)19(16)28-3)12-29-18(23)8-9-22-20(24)14-6-4-5-7-15(14)21(22)25/h4-5,10-11,14-15H,6-9,12H2,1-3H3/t14-,15-/m0/s1. The van der Waals surface area contributed by atoms with E-state index in [1.165, 1.54) is 26.2 Å². The average Bonchev–Trinajstić information content (AvgIpc) is 2.99. The maximum Gasteiger partial charge on any atom is 0.307 e. The Hall–Kier alpha value is -3.03. The Bertz CT molecular complexity index is 781. The van der Waals surface area contributed by atoms with Crippen molar-refractivity contribution in [1.82, 2.24) is 4.90 Å². The van der Waals surface area contributed by atoms with Crippen LogP contribution in [0.15, 0.2) is 24.3 Å². The Morgan fingerprint density at radius 1 is 0.966 bits per heavy atom. The number of hydrogen-bond acceptors (Lipinski definition) is 7. The van der Waals surface area contributed by atoms with E-state index >= 15 is 0 Å². The molecular weight excluding hydrogens is 378 g/mol. The number of fused-ring (bicyclic) bond motifs is 1. The summed E-state index contributed by atoms with van der Waals surface area (Å²) in [7, 11) is 4.52. The van der Waals surface area contributed by atoms with E-state index in [-0.39, 0.29) is 43.2 Å². The molecule has 0 aromatic heterocycles. The minimum atomic E-state index is -0.493. The molecular formula is C21H25NO7. The molecule has 2 atom stereocenters. The van der Waals surface area contributed by atoms with Crippen LogP contribution in [0.3, 0.4) is 0 Å². The first-order valence-electron chi connectivity index (χ1n) is 9.44. The predicted octanol–water partition coefficient (Wildman–Crippen LogP) is 2.10. The van der Waals surface area contributed by atoms with Gasteiger partial charge in [0.1, 0.15) is 6.61 Å². The van der Waals surface area contributed by atoms with Crippen molar-refractivity contribution >= 4 is 17.8 Å². The molecule has 2 amide bonds. The van der Waals surface area contributed by atoms with Crippen LogP contribution in [-0.2, 0) is 25.7 Å². The lowest BCUT2D eigenvalue weighted by molar-refractivity contribution is -0.146. The van der Waals surface area contributed by atoms with Gasteiger partial charge in [0.25, 0.3) is 0 Å². The number of allylic oxidation sites excluding steroid dienone is 2. The molecule has 1 aromatic carbocycles. The number of likely N-dealkylation sites (tertiary alicyclic amines) is 1. The van der Waals surface area contributed by atoms with E-state index in [2.05, 4.69) is 0 Å². The topological polar surface area (TPSA) is 91.4 Å². The van der Waals surface area contributed by atoms with Gasteiger partial charge in [-0.15, -0.1) is 0 Å². The summed E-state index contributed by atoms with van der Waals surface area (Å²) in [6, 6.07) is 3.39. The van der Waals surface area contributed by atoms with Crippen LogP contribution in [0.5, 0.6) is 17.2 Å². The molecule has 29 heavy (non-hydrogen) atoms. The molecule has 1 fully saturated rings. The zero-order valence-electron chi connectivity index (χ0n) is 16.8. The Kier molecular flexibility index (Phi) is 6.41. The quantitative estimate of drug-likeness (QED) is 0.373. The van der Waals surface area contributed by atoms with Crippen LogP contribution in [0, 0.1) is 11.8 Å². The van der Waals surface area contributed by atoms with Crippen molar-refractivity contribution < 1.29 is 33.3 Å². The number of hydrogen-bond donors (Lipinski definition) is 0. The zero-order valence-corrected chi connectivity index (χ0v) is 16.8. The number of benzene rings is 1. The summed E-state index contributed by atoms with van der Waals surface area (Å²) >= 11 is 0. The van der Waals surface area contributed by atoms with Crippen LogP contribution in [0.1, 0.15) is 24.8 Å². The van der Waals surface area contributed by atoms with Gasteiger partial charge in [-0.05, 0) is 30.5 Å². The number of methoxy groups -OCH3 is 3. The molecule has 1 heterocycles. The van der Waals surface area contributed by atoms with E-state index in [1.807, 2.05) is 12.2 Å². The molecule has 0 N–H and O–H groups in total. The van der Waals surface area contributed by atoms with Crippen molar-refractivity contribution in [2.45, 2.75) is 25.9 Å². The third-order valence-corrected chi connectivity index (χ3v) is 5.26. The van der Waals surface area contributed by atoms with Crippen molar-refractivity contribution in [2.75, 3.05) is 27.9 Å². The molecule has 2 aliphatic rings. The van der Waals surface area contributed by atoms with Crippen LogP contribution in [0.2, 0.25) is 0 Å². The maximum absolute atomic E-state index is 12.4. The van der Waals surface area contributed by atoms with Crippen LogP contribution >= 0.6 is 0 Å². The molecule has 3 rings (SSSR count). The summed E-state index contributed by atoms with van der Waals surface area (Å²) in [6.07, 6.45) is 4.98. The van der Waals surface area contributed by atoms with Crippen molar-refractivity contribution in [2.24, 2.45) is 11.8 Å². The SMILES string of the molecule is COc1cc(COC(=O)CCN2C(=O)[C@H]3CC=CC[C@@H]3C2=O)cc(OC)c1OC. The van der Waals surface area contributed by atoms with E-state index in [0.29, 0.717) is 35.7 Å². The molecule has 0 saturated carbocycles. The van der Waals surface area contributed by atoms with Gasteiger partial charge in [-0.2, -0.15) is 0 Å². The number of esters is 1.